The van der Waals surface area contributed by atoms with Gasteiger partial charge in [0.05, 0.1) is 7.11 Å². The average Bonchev–Trinajstić information content (AvgIpc) is 2.73. The molecule has 0 saturated carbocycles. The maximum Gasteiger partial charge on any atom is 0.348 e. The summed E-state index contributed by atoms with van der Waals surface area (Å²) in [6, 6.07) is 14.3. The first-order valence-corrected chi connectivity index (χ1v) is 9.57. The van der Waals surface area contributed by atoms with Crippen LogP contribution >= 0.6 is 0 Å². The fourth-order valence-corrected chi connectivity index (χ4v) is 2.83. The van der Waals surface area contributed by atoms with Crippen molar-refractivity contribution in [1.29, 1.82) is 0 Å². The van der Waals surface area contributed by atoms with Crippen molar-refractivity contribution in [2.24, 2.45) is 0 Å². The fourth-order valence-electron chi connectivity index (χ4n) is 2.83. The van der Waals surface area contributed by atoms with E-state index in [1.165, 1.54) is 27.0 Å². The largest absolute Gasteiger partial charge is 0.493 e. The van der Waals surface area contributed by atoms with Gasteiger partial charge in [0.1, 0.15) is 5.57 Å². The molecule has 2 aromatic carbocycles. The predicted octanol–water partition coefficient (Wildman–Crippen LogP) is 2.61. The summed E-state index contributed by atoms with van der Waals surface area (Å²) in [7, 11) is 1.44. The van der Waals surface area contributed by atoms with Crippen molar-refractivity contribution >= 4 is 23.9 Å². The quantitative estimate of drug-likeness (QED) is 0.413. The van der Waals surface area contributed by atoms with Crippen LogP contribution in [0.15, 0.2) is 54.1 Å². The zero-order valence-corrected chi connectivity index (χ0v) is 17.5. The molecule has 31 heavy (non-hydrogen) atoms. The second-order valence-corrected chi connectivity index (χ2v) is 7.20. The van der Waals surface area contributed by atoms with Gasteiger partial charge in [0.2, 0.25) is 0 Å². The van der Waals surface area contributed by atoms with E-state index in [0.29, 0.717) is 23.6 Å². The van der Waals surface area contributed by atoms with Crippen LogP contribution in [-0.4, -0.2) is 37.3 Å². The molecule has 0 bridgehead atoms. The second kappa shape index (κ2) is 9.34. The molecule has 2 aromatic rings. The lowest BCUT2D eigenvalue weighted by Crippen LogP contribution is -2.41. The summed E-state index contributed by atoms with van der Waals surface area (Å²) in [6.07, 6.45) is 1.35. The van der Waals surface area contributed by atoms with Crippen LogP contribution in [0.25, 0.3) is 6.08 Å². The normalized spacial score (nSPS) is 14.9. The molecule has 1 aliphatic heterocycles. The maximum atomic E-state index is 12.1. The molecule has 0 spiro atoms. The van der Waals surface area contributed by atoms with Gasteiger partial charge in [-0.3, -0.25) is 4.79 Å². The summed E-state index contributed by atoms with van der Waals surface area (Å²) < 4.78 is 21.0. The van der Waals surface area contributed by atoms with Gasteiger partial charge in [0.15, 0.2) is 18.1 Å². The number of rotatable bonds is 7. The molecular formula is C23H23NO7. The standard InChI is InChI=1S/C23H23NO7/c1-23(2)30-21(26)17(22(27)31-23)11-16-9-10-18(19(12-16)28-3)29-14-20(25)24-13-15-7-5-4-6-8-15/h4-12H,13-14H2,1-3H3,(H,24,25). The topological polar surface area (TPSA) is 100 Å². The van der Waals surface area contributed by atoms with Gasteiger partial charge in [-0.2, -0.15) is 0 Å². The number of benzene rings is 2. The molecule has 0 atom stereocenters. The summed E-state index contributed by atoms with van der Waals surface area (Å²) in [5.41, 5.74) is 1.26. The lowest BCUT2D eigenvalue weighted by atomic mass is 10.1. The molecule has 0 aromatic heterocycles. The Morgan fingerprint density at radius 1 is 1.03 bits per heavy atom. The van der Waals surface area contributed by atoms with Gasteiger partial charge in [0, 0.05) is 20.4 Å². The summed E-state index contributed by atoms with van der Waals surface area (Å²) in [6.45, 7) is 3.16. The molecule has 1 N–H and O–H groups in total. The zero-order chi connectivity index (χ0) is 22.4. The number of ether oxygens (including phenoxy) is 4. The van der Waals surface area contributed by atoms with Crippen LogP contribution in [0.4, 0.5) is 0 Å². The minimum Gasteiger partial charge on any atom is -0.493 e. The van der Waals surface area contributed by atoms with Gasteiger partial charge in [-0.25, -0.2) is 9.59 Å². The molecule has 1 amide bonds. The Kier molecular flexibility index (Phi) is 6.59. The average molecular weight is 425 g/mol. The molecule has 1 saturated heterocycles. The van der Waals surface area contributed by atoms with Crippen LogP contribution < -0.4 is 14.8 Å². The number of cyclic esters (lactones) is 2. The molecule has 0 aliphatic carbocycles. The van der Waals surface area contributed by atoms with Crippen molar-refractivity contribution in [3.05, 3.63) is 65.2 Å². The zero-order valence-electron chi connectivity index (χ0n) is 17.5. The van der Waals surface area contributed by atoms with E-state index in [0.717, 1.165) is 5.56 Å². The summed E-state index contributed by atoms with van der Waals surface area (Å²) in [4.78, 5) is 36.2. The minimum atomic E-state index is -1.30. The molecule has 0 unspecified atom stereocenters. The first-order chi connectivity index (χ1) is 14.8. The smallest absolute Gasteiger partial charge is 0.348 e. The van der Waals surface area contributed by atoms with E-state index in [2.05, 4.69) is 5.32 Å². The van der Waals surface area contributed by atoms with Gasteiger partial charge in [-0.1, -0.05) is 36.4 Å². The van der Waals surface area contributed by atoms with E-state index >= 15 is 0 Å². The number of esters is 2. The molecule has 162 valence electrons. The molecule has 8 nitrogen and oxygen atoms in total. The van der Waals surface area contributed by atoms with Crippen molar-refractivity contribution in [3.8, 4) is 11.5 Å². The van der Waals surface area contributed by atoms with Crippen LogP contribution in [0.5, 0.6) is 11.5 Å². The number of nitrogens with one attached hydrogen (secondary N) is 1. The van der Waals surface area contributed by atoms with E-state index in [1.54, 1.807) is 18.2 Å². The highest BCUT2D eigenvalue weighted by atomic mass is 16.7. The minimum absolute atomic E-state index is 0.197. The van der Waals surface area contributed by atoms with Gasteiger partial charge >= 0.3 is 11.9 Å². The Morgan fingerprint density at radius 3 is 2.35 bits per heavy atom. The van der Waals surface area contributed by atoms with Gasteiger partial charge < -0.3 is 24.3 Å². The number of carbonyl (C=O) groups excluding carboxylic acids is 3. The number of hydrogen-bond donors (Lipinski definition) is 1. The Hall–Kier alpha value is -3.81. The maximum absolute atomic E-state index is 12.1. The number of amides is 1. The van der Waals surface area contributed by atoms with Crippen LogP contribution in [0.2, 0.25) is 0 Å². The third-order valence-corrected chi connectivity index (χ3v) is 4.31. The Bertz CT molecular complexity index is 990. The second-order valence-electron chi connectivity index (χ2n) is 7.20. The van der Waals surface area contributed by atoms with E-state index in [9.17, 15) is 14.4 Å². The lowest BCUT2D eigenvalue weighted by molar-refractivity contribution is -0.222. The van der Waals surface area contributed by atoms with Crippen molar-refractivity contribution in [1.82, 2.24) is 5.32 Å². The van der Waals surface area contributed by atoms with Crippen molar-refractivity contribution in [2.45, 2.75) is 26.2 Å². The SMILES string of the molecule is COc1cc(C=C2C(=O)OC(C)(C)OC2=O)ccc1OCC(=O)NCc1ccccc1. The van der Waals surface area contributed by atoms with Crippen LogP contribution in [0, 0.1) is 0 Å². The first-order valence-electron chi connectivity index (χ1n) is 9.57. The van der Waals surface area contributed by atoms with E-state index < -0.39 is 17.7 Å². The van der Waals surface area contributed by atoms with E-state index in [1.807, 2.05) is 30.3 Å². The van der Waals surface area contributed by atoms with E-state index in [4.69, 9.17) is 18.9 Å². The van der Waals surface area contributed by atoms with Gasteiger partial charge in [0.25, 0.3) is 11.7 Å². The van der Waals surface area contributed by atoms with Gasteiger partial charge in [-0.15, -0.1) is 0 Å². The number of carbonyl (C=O) groups is 3. The molecule has 1 fully saturated rings. The van der Waals surface area contributed by atoms with Crippen LogP contribution in [0.1, 0.15) is 25.0 Å². The number of hydrogen-bond acceptors (Lipinski definition) is 7. The first kappa shape index (κ1) is 21.9. The highest BCUT2D eigenvalue weighted by Crippen LogP contribution is 2.30. The molecule has 1 aliphatic rings. The molecule has 8 heteroatoms. The lowest BCUT2D eigenvalue weighted by Gasteiger charge is -2.29. The Morgan fingerprint density at radius 2 is 1.71 bits per heavy atom. The van der Waals surface area contributed by atoms with Crippen molar-refractivity contribution in [2.75, 3.05) is 13.7 Å². The highest BCUT2D eigenvalue weighted by molar-refractivity contribution is 6.18. The molecule has 0 radical (unpaired) electrons. The molecule has 3 rings (SSSR count). The van der Waals surface area contributed by atoms with Crippen molar-refractivity contribution < 1.29 is 33.3 Å². The highest BCUT2D eigenvalue weighted by Gasteiger charge is 2.38. The summed E-state index contributed by atoms with van der Waals surface area (Å²) in [5, 5.41) is 2.77. The third-order valence-electron chi connectivity index (χ3n) is 4.31. The predicted molar refractivity (Wildman–Crippen MR) is 111 cm³/mol. The monoisotopic (exact) mass is 425 g/mol. The summed E-state index contributed by atoms with van der Waals surface area (Å²) in [5.74, 6) is -2.45. The Labute approximate surface area is 179 Å². The fraction of sp³-hybridized carbons (Fsp3) is 0.261. The van der Waals surface area contributed by atoms with Crippen LogP contribution in [-0.2, 0) is 30.4 Å². The third kappa shape index (κ3) is 5.85. The van der Waals surface area contributed by atoms with E-state index in [-0.39, 0.29) is 18.1 Å². The number of methoxy groups -OCH3 is 1. The molecular weight excluding hydrogens is 402 g/mol. The van der Waals surface area contributed by atoms with Gasteiger partial charge in [-0.05, 0) is 29.3 Å². The molecule has 1 heterocycles. The Balaban J connectivity index is 1.64. The summed E-state index contributed by atoms with van der Waals surface area (Å²) >= 11 is 0. The van der Waals surface area contributed by atoms with Crippen molar-refractivity contribution in [3.63, 3.8) is 0 Å². The van der Waals surface area contributed by atoms with Crippen LogP contribution in [0.3, 0.4) is 0 Å².